The summed E-state index contributed by atoms with van der Waals surface area (Å²) < 4.78 is 15.8. The molecule has 90 valence electrons. The molecule has 0 aliphatic heterocycles. The number of nitrogens with zero attached hydrogens (tertiary/aromatic N) is 4. The quantitative estimate of drug-likeness (QED) is 0.647. The zero-order chi connectivity index (χ0) is 12.7. The molecule has 3 rings (SSSR count). The third kappa shape index (κ3) is 1.50. The number of benzene rings is 1. The van der Waals surface area contributed by atoms with Gasteiger partial charge in [-0.05, 0) is 24.3 Å². The Morgan fingerprint density at radius 1 is 1.22 bits per heavy atom. The normalized spacial score (nSPS) is 11.0. The van der Waals surface area contributed by atoms with Gasteiger partial charge in [-0.25, -0.2) is 14.1 Å². The Bertz CT molecular complexity index is 773. The van der Waals surface area contributed by atoms with E-state index in [4.69, 9.17) is 0 Å². The van der Waals surface area contributed by atoms with Crippen LogP contribution in [-0.2, 0) is 7.05 Å². The van der Waals surface area contributed by atoms with Gasteiger partial charge in [0, 0.05) is 7.05 Å². The highest BCUT2D eigenvalue weighted by molar-refractivity contribution is 5.74. The Labute approximate surface area is 101 Å². The molecule has 1 aromatic carbocycles. The molecule has 0 spiro atoms. The Hall–Kier alpha value is -2.50. The molecule has 2 aromatic heterocycles. The Balaban J connectivity index is 2.28. The van der Waals surface area contributed by atoms with E-state index < -0.39 is 0 Å². The van der Waals surface area contributed by atoms with Gasteiger partial charge in [0.1, 0.15) is 11.2 Å². The second-order valence-electron chi connectivity index (χ2n) is 3.93. The molecule has 0 saturated heterocycles. The second kappa shape index (κ2) is 3.76. The molecule has 0 unspecified atom stereocenters. The molecule has 3 aromatic rings. The van der Waals surface area contributed by atoms with Gasteiger partial charge in [0.15, 0.2) is 5.65 Å². The maximum atomic E-state index is 12.9. The first kappa shape index (κ1) is 10.6. The number of hydrogen-bond acceptors (Lipinski definition) is 3. The van der Waals surface area contributed by atoms with Crippen LogP contribution in [0, 0.1) is 5.82 Å². The van der Waals surface area contributed by atoms with Crippen molar-refractivity contribution in [2.24, 2.45) is 7.05 Å². The summed E-state index contributed by atoms with van der Waals surface area (Å²) >= 11 is 0. The molecule has 0 N–H and O–H groups in total. The van der Waals surface area contributed by atoms with Crippen LogP contribution in [0.5, 0.6) is 0 Å². The van der Waals surface area contributed by atoms with E-state index in [9.17, 15) is 9.18 Å². The lowest BCUT2D eigenvalue weighted by atomic mass is 10.3. The van der Waals surface area contributed by atoms with Crippen LogP contribution in [0.4, 0.5) is 4.39 Å². The lowest BCUT2D eigenvalue weighted by molar-refractivity contribution is 0.627. The van der Waals surface area contributed by atoms with Crippen molar-refractivity contribution in [3.8, 4) is 5.69 Å². The molecule has 0 bridgehead atoms. The Morgan fingerprint density at radius 2 is 1.94 bits per heavy atom. The van der Waals surface area contributed by atoms with Gasteiger partial charge in [-0.15, -0.1) is 0 Å². The third-order valence-electron chi connectivity index (χ3n) is 2.72. The Kier molecular flexibility index (Phi) is 2.22. The van der Waals surface area contributed by atoms with E-state index >= 15 is 0 Å². The molecule has 2 heterocycles. The number of halogens is 1. The van der Waals surface area contributed by atoms with Crippen molar-refractivity contribution in [3.63, 3.8) is 0 Å². The van der Waals surface area contributed by atoms with E-state index in [1.165, 1.54) is 33.9 Å². The number of aromatic nitrogens is 4. The predicted octanol–water partition coefficient (Wildman–Crippen LogP) is 1.26. The zero-order valence-corrected chi connectivity index (χ0v) is 9.54. The lowest BCUT2D eigenvalue weighted by Crippen LogP contribution is -2.16. The van der Waals surface area contributed by atoms with Gasteiger partial charge in [-0.2, -0.15) is 5.10 Å². The minimum atomic E-state index is -0.320. The van der Waals surface area contributed by atoms with Crippen molar-refractivity contribution in [3.05, 3.63) is 53.0 Å². The van der Waals surface area contributed by atoms with Crippen LogP contribution in [0.1, 0.15) is 0 Å². The summed E-state index contributed by atoms with van der Waals surface area (Å²) in [5.74, 6) is -0.320. The van der Waals surface area contributed by atoms with E-state index in [1.54, 1.807) is 19.2 Å². The van der Waals surface area contributed by atoms with E-state index in [-0.39, 0.29) is 11.4 Å². The summed E-state index contributed by atoms with van der Waals surface area (Å²) in [6.45, 7) is 0. The number of aryl methyl sites for hydroxylation is 1. The van der Waals surface area contributed by atoms with Crippen LogP contribution < -0.4 is 5.56 Å². The fraction of sp³-hybridized carbons (Fsp3) is 0.0833. The Morgan fingerprint density at radius 3 is 2.67 bits per heavy atom. The highest BCUT2D eigenvalue weighted by atomic mass is 19.1. The van der Waals surface area contributed by atoms with Crippen LogP contribution in [0.15, 0.2) is 41.6 Å². The van der Waals surface area contributed by atoms with Gasteiger partial charge >= 0.3 is 0 Å². The van der Waals surface area contributed by atoms with Gasteiger partial charge in [0.05, 0.1) is 18.2 Å². The van der Waals surface area contributed by atoms with Crippen molar-refractivity contribution in [1.82, 2.24) is 19.3 Å². The third-order valence-corrected chi connectivity index (χ3v) is 2.72. The molecule has 0 radical (unpaired) electrons. The molecule has 6 heteroatoms. The first-order valence-electron chi connectivity index (χ1n) is 5.32. The molecule has 0 amide bonds. The largest absolute Gasteiger partial charge is 0.302 e. The predicted molar refractivity (Wildman–Crippen MR) is 64.1 cm³/mol. The second-order valence-corrected chi connectivity index (χ2v) is 3.93. The summed E-state index contributed by atoms with van der Waals surface area (Å²) in [6, 6.07) is 5.84. The SMILES string of the molecule is Cn1cnc2c(cnn2-c2ccc(F)cc2)c1=O. The highest BCUT2D eigenvalue weighted by Crippen LogP contribution is 2.13. The summed E-state index contributed by atoms with van der Waals surface area (Å²) in [6.07, 6.45) is 2.90. The number of hydrogen-bond donors (Lipinski definition) is 0. The summed E-state index contributed by atoms with van der Waals surface area (Å²) in [7, 11) is 1.63. The standard InChI is InChI=1S/C12H9FN4O/c1-16-7-14-11-10(12(16)18)6-15-17(11)9-4-2-8(13)3-5-9/h2-7H,1H3. The molecule has 0 aliphatic carbocycles. The number of fused-ring (bicyclic) bond motifs is 1. The van der Waals surface area contributed by atoms with Crippen molar-refractivity contribution < 1.29 is 4.39 Å². The monoisotopic (exact) mass is 244 g/mol. The van der Waals surface area contributed by atoms with Crippen LogP contribution in [0.3, 0.4) is 0 Å². The molecule has 0 fully saturated rings. The van der Waals surface area contributed by atoms with Crippen molar-refractivity contribution >= 4 is 11.0 Å². The lowest BCUT2D eigenvalue weighted by Gasteiger charge is -2.02. The van der Waals surface area contributed by atoms with Gasteiger partial charge in [-0.3, -0.25) is 4.79 Å². The van der Waals surface area contributed by atoms with E-state index in [0.29, 0.717) is 16.7 Å². The maximum absolute atomic E-state index is 12.9. The fourth-order valence-electron chi connectivity index (χ4n) is 1.77. The average molecular weight is 244 g/mol. The fourth-order valence-corrected chi connectivity index (χ4v) is 1.77. The molecular formula is C12H9FN4O. The number of rotatable bonds is 1. The topological polar surface area (TPSA) is 52.7 Å². The van der Waals surface area contributed by atoms with E-state index in [1.807, 2.05) is 0 Å². The van der Waals surface area contributed by atoms with Crippen molar-refractivity contribution in [2.75, 3.05) is 0 Å². The summed E-state index contributed by atoms with van der Waals surface area (Å²) in [5, 5.41) is 4.55. The van der Waals surface area contributed by atoms with Gasteiger partial charge in [0.25, 0.3) is 5.56 Å². The van der Waals surface area contributed by atoms with E-state index in [0.717, 1.165) is 0 Å². The van der Waals surface area contributed by atoms with Gasteiger partial charge < -0.3 is 4.57 Å². The van der Waals surface area contributed by atoms with Gasteiger partial charge in [0.2, 0.25) is 0 Å². The first-order chi connectivity index (χ1) is 8.66. The molecule has 18 heavy (non-hydrogen) atoms. The summed E-state index contributed by atoms with van der Waals surface area (Å²) in [5.41, 5.74) is 0.963. The van der Waals surface area contributed by atoms with Crippen LogP contribution in [0.2, 0.25) is 0 Å². The highest BCUT2D eigenvalue weighted by Gasteiger charge is 2.09. The van der Waals surface area contributed by atoms with E-state index in [2.05, 4.69) is 10.1 Å². The van der Waals surface area contributed by atoms with Crippen molar-refractivity contribution in [1.29, 1.82) is 0 Å². The molecule has 0 saturated carbocycles. The van der Waals surface area contributed by atoms with Crippen molar-refractivity contribution in [2.45, 2.75) is 0 Å². The minimum Gasteiger partial charge on any atom is -0.302 e. The van der Waals surface area contributed by atoms with Crippen LogP contribution in [-0.4, -0.2) is 19.3 Å². The first-order valence-corrected chi connectivity index (χ1v) is 5.32. The van der Waals surface area contributed by atoms with Crippen LogP contribution in [0.25, 0.3) is 16.7 Å². The molecule has 0 atom stereocenters. The molecular weight excluding hydrogens is 235 g/mol. The molecule has 5 nitrogen and oxygen atoms in total. The summed E-state index contributed by atoms with van der Waals surface area (Å²) in [4.78, 5) is 16.0. The minimum absolute atomic E-state index is 0.159. The van der Waals surface area contributed by atoms with Gasteiger partial charge in [-0.1, -0.05) is 0 Å². The average Bonchev–Trinajstić information content (AvgIpc) is 2.79. The molecule has 0 aliphatic rings. The van der Waals surface area contributed by atoms with Crippen LogP contribution >= 0.6 is 0 Å². The zero-order valence-electron chi connectivity index (χ0n) is 9.54. The maximum Gasteiger partial charge on any atom is 0.264 e. The smallest absolute Gasteiger partial charge is 0.264 e.